The van der Waals surface area contributed by atoms with E-state index in [2.05, 4.69) is 64.8 Å². The van der Waals surface area contributed by atoms with Crippen molar-refractivity contribution in [3.63, 3.8) is 0 Å². The number of anilines is 2. The van der Waals surface area contributed by atoms with Gasteiger partial charge in [0.1, 0.15) is 6.04 Å². The highest BCUT2D eigenvalue weighted by Gasteiger charge is 2.40. The summed E-state index contributed by atoms with van der Waals surface area (Å²) in [7, 11) is 1.61. The number of halogens is 1. The molecular formula is C25H31BrN4O3. The van der Waals surface area contributed by atoms with E-state index in [1.54, 1.807) is 12.0 Å². The molecule has 1 fully saturated rings. The Hall–Kier alpha value is -2.42. The third-order valence-corrected chi connectivity index (χ3v) is 6.96. The third-order valence-electron chi connectivity index (χ3n) is 6.43. The molecule has 3 atom stereocenters. The van der Waals surface area contributed by atoms with E-state index in [9.17, 15) is 9.59 Å². The van der Waals surface area contributed by atoms with E-state index >= 15 is 0 Å². The maximum absolute atomic E-state index is 13.2. The summed E-state index contributed by atoms with van der Waals surface area (Å²) in [6.07, 6.45) is 1.17. The van der Waals surface area contributed by atoms with Crippen LogP contribution in [0.25, 0.3) is 0 Å². The molecule has 0 aliphatic carbocycles. The smallest absolute Gasteiger partial charge is 0.322 e. The molecule has 3 N–H and O–H groups in total. The van der Waals surface area contributed by atoms with Crippen molar-refractivity contribution in [1.82, 2.24) is 10.2 Å². The Morgan fingerprint density at radius 2 is 1.82 bits per heavy atom. The van der Waals surface area contributed by atoms with Crippen molar-refractivity contribution in [3.05, 3.63) is 58.1 Å². The number of amides is 3. The first-order valence-corrected chi connectivity index (χ1v) is 12.0. The van der Waals surface area contributed by atoms with Gasteiger partial charge >= 0.3 is 6.03 Å². The highest BCUT2D eigenvalue weighted by Crippen LogP contribution is 2.32. The number of nitrogens with zero attached hydrogens (tertiary/aromatic N) is 1. The number of methoxy groups -OCH3 is 1. The van der Waals surface area contributed by atoms with Crippen LogP contribution in [-0.4, -0.2) is 48.7 Å². The fourth-order valence-electron chi connectivity index (χ4n) is 4.92. The van der Waals surface area contributed by atoms with Gasteiger partial charge in [-0.05, 0) is 74.7 Å². The van der Waals surface area contributed by atoms with E-state index in [1.807, 2.05) is 30.3 Å². The number of fused-ring (bicyclic) bond motifs is 1. The highest BCUT2D eigenvalue weighted by molar-refractivity contribution is 9.10. The molecule has 3 unspecified atom stereocenters. The summed E-state index contributed by atoms with van der Waals surface area (Å²) < 4.78 is 6.41. The normalized spacial score (nSPS) is 23.7. The first-order valence-electron chi connectivity index (χ1n) is 11.2. The second-order valence-corrected chi connectivity index (χ2v) is 10.3. The number of hydrogen-bond donors (Lipinski definition) is 3. The Kier molecular flexibility index (Phi) is 6.79. The Bertz CT molecular complexity index is 1040. The number of rotatable bonds is 4. The molecule has 0 saturated carbocycles. The van der Waals surface area contributed by atoms with E-state index in [0.717, 1.165) is 16.6 Å². The molecule has 2 aliphatic rings. The molecule has 2 aromatic rings. The lowest BCUT2D eigenvalue weighted by Crippen LogP contribution is -2.48. The van der Waals surface area contributed by atoms with Gasteiger partial charge in [0.2, 0.25) is 5.91 Å². The number of ether oxygens (including phenoxy) is 1. The van der Waals surface area contributed by atoms with Crippen LogP contribution in [0.3, 0.4) is 0 Å². The fourth-order valence-corrected chi connectivity index (χ4v) is 5.18. The van der Waals surface area contributed by atoms with Crippen LogP contribution in [0.1, 0.15) is 38.3 Å². The molecular weight excluding hydrogens is 484 g/mol. The number of hydrogen-bond acceptors (Lipinski definition) is 4. The van der Waals surface area contributed by atoms with E-state index < -0.39 is 6.04 Å². The van der Waals surface area contributed by atoms with Crippen LogP contribution < -0.4 is 16.0 Å². The van der Waals surface area contributed by atoms with Crippen molar-refractivity contribution < 1.29 is 14.3 Å². The molecule has 2 heterocycles. The molecule has 3 amide bonds. The Morgan fingerprint density at radius 1 is 1.12 bits per heavy atom. The predicted molar refractivity (Wildman–Crippen MR) is 133 cm³/mol. The minimum absolute atomic E-state index is 0.116. The number of likely N-dealkylation sites (tertiary alicyclic amines) is 1. The van der Waals surface area contributed by atoms with Crippen LogP contribution in [0.5, 0.6) is 0 Å². The van der Waals surface area contributed by atoms with E-state index in [0.29, 0.717) is 24.7 Å². The van der Waals surface area contributed by atoms with Gasteiger partial charge in [0, 0.05) is 47.5 Å². The van der Waals surface area contributed by atoms with Gasteiger partial charge in [-0.15, -0.1) is 0 Å². The lowest BCUT2D eigenvalue weighted by molar-refractivity contribution is -0.119. The van der Waals surface area contributed by atoms with Gasteiger partial charge in [0.25, 0.3) is 0 Å². The van der Waals surface area contributed by atoms with Gasteiger partial charge < -0.3 is 25.6 Å². The van der Waals surface area contributed by atoms with Crippen molar-refractivity contribution in [2.24, 2.45) is 0 Å². The summed E-state index contributed by atoms with van der Waals surface area (Å²) in [5, 5.41) is 9.53. The number of carbonyl (C=O) groups is 2. The maximum Gasteiger partial charge on any atom is 0.322 e. The number of urea groups is 1. The van der Waals surface area contributed by atoms with Crippen LogP contribution >= 0.6 is 15.9 Å². The van der Waals surface area contributed by atoms with Crippen molar-refractivity contribution in [2.75, 3.05) is 24.3 Å². The van der Waals surface area contributed by atoms with Crippen LogP contribution in [0.4, 0.5) is 16.2 Å². The minimum atomic E-state index is -0.613. The third kappa shape index (κ3) is 5.23. The molecule has 2 aliphatic heterocycles. The first kappa shape index (κ1) is 23.7. The average Bonchev–Trinajstić information content (AvgIpc) is 3.19. The van der Waals surface area contributed by atoms with Gasteiger partial charge in [-0.25, -0.2) is 4.79 Å². The first-order chi connectivity index (χ1) is 15.7. The number of benzene rings is 2. The molecule has 176 valence electrons. The number of nitrogens with one attached hydrogen (secondary N) is 3. The van der Waals surface area contributed by atoms with Crippen LogP contribution in [0, 0.1) is 0 Å². The van der Waals surface area contributed by atoms with Gasteiger partial charge in [0.15, 0.2) is 0 Å². The maximum atomic E-state index is 13.2. The molecule has 0 spiro atoms. The van der Waals surface area contributed by atoms with E-state index in [-0.39, 0.29) is 23.6 Å². The van der Waals surface area contributed by atoms with Gasteiger partial charge in [-0.3, -0.25) is 4.79 Å². The lowest BCUT2D eigenvalue weighted by atomic mass is 9.82. The lowest BCUT2D eigenvalue weighted by Gasteiger charge is -2.38. The summed E-state index contributed by atoms with van der Waals surface area (Å²) in [6, 6.07) is 12.8. The Balaban J connectivity index is 1.49. The van der Waals surface area contributed by atoms with Crippen LogP contribution in [0.2, 0.25) is 0 Å². The summed E-state index contributed by atoms with van der Waals surface area (Å²) in [4.78, 5) is 27.8. The quantitative estimate of drug-likeness (QED) is 0.561. The summed E-state index contributed by atoms with van der Waals surface area (Å²) >= 11 is 3.39. The van der Waals surface area contributed by atoms with Crippen molar-refractivity contribution in [1.29, 1.82) is 0 Å². The second kappa shape index (κ2) is 9.44. The monoisotopic (exact) mass is 514 g/mol. The van der Waals surface area contributed by atoms with Gasteiger partial charge in [0.05, 0.1) is 6.10 Å². The van der Waals surface area contributed by atoms with Gasteiger partial charge in [-0.1, -0.05) is 22.0 Å². The summed E-state index contributed by atoms with van der Waals surface area (Å²) in [5.74, 6) is -0.207. The zero-order chi connectivity index (χ0) is 23.8. The van der Waals surface area contributed by atoms with Gasteiger partial charge in [-0.2, -0.15) is 0 Å². The topological polar surface area (TPSA) is 82.7 Å². The largest absolute Gasteiger partial charge is 0.380 e. The standard InChI is InChI=1S/C25H31BrN4O3/c1-15-11-16-12-19(9-10-21(16)25(2,3)29-15)27-23(31)22-13-20(33-4)14-30(22)24(32)28-18-7-5-17(26)6-8-18/h5-10,12,15,20,22,29H,11,13-14H2,1-4H3,(H,27,31)(H,28,32). The molecule has 7 nitrogen and oxygen atoms in total. The molecule has 33 heavy (non-hydrogen) atoms. The molecule has 0 bridgehead atoms. The highest BCUT2D eigenvalue weighted by atomic mass is 79.9. The zero-order valence-electron chi connectivity index (χ0n) is 19.4. The zero-order valence-corrected chi connectivity index (χ0v) is 21.0. The summed E-state index contributed by atoms with van der Waals surface area (Å²) in [5.41, 5.74) is 3.78. The minimum Gasteiger partial charge on any atom is -0.380 e. The second-order valence-electron chi connectivity index (χ2n) is 9.43. The van der Waals surface area contributed by atoms with Crippen molar-refractivity contribution in [3.8, 4) is 0 Å². The molecule has 0 radical (unpaired) electrons. The van der Waals surface area contributed by atoms with E-state index in [4.69, 9.17) is 4.74 Å². The predicted octanol–water partition coefficient (Wildman–Crippen LogP) is 4.48. The Labute approximate surface area is 203 Å². The summed E-state index contributed by atoms with van der Waals surface area (Å²) in [6.45, 7) is 6.87. The molecule has 4 rings (SSSR count). The van der Waals surface area contributed by atoms with Crippen LogP contribution in [0.15, 0.2) is 46.9 Å². The number of carbonyl (C=O) groups excluding carboxylic acids is 2. The Morgan fingerprint density at radius 3 is 2.52 bits per heavy atom. The van der Waals surface area contributed by atoms with E-state index in [1.165, 1.54) is 11.1 Å². The van der Waals surface area contributed by atoms with Crippen molar-refractivity contribution >= 4 is 39.2 Å². The van der Waals surface area contributed by atoms with Crippen molar-refractivity contribution in [2.45, 2.75) is 57.3 Å². The van der Waals surface area contributed by atoms with Crippen LogP contribution in [-0.2, 0) is 21.5 Å². The molecule has 1 saturated heterocycles. The molecule has 8 heteroatoms. The fraction of sp³-hybridized carbons (Fsp3) is 0.440. The molecule has 0 aromatic heterocycles. The average molecular weight is 515 g/mol. The SMILES string of the molecule is COC1CC(C(=O)Nc2ccc3c(c2)CC(C)NC3(C)C)N(C(=O)Nc2ccc(Br)cc2)C1. The molecule has 2 aromatic carbocycles.